The quantitative estimate of drug-likeness (QED) is 0.290. The highest BCUT2D eigenvalue weighted by molar-refractivity contribution is 5.14. The van der Waals surface area contributed by atoms with Crippen LogP contribution in [0.4, 0.5) is 0 Å². The van der Waals surface area contributed by atoms with Gasteiger partial charge in [0.15, 0.2) is 0 Å². The van der Waals surface area contributed by atoms with E-state index in [2.05, 4.69) is 31.2 Å². The van der Waals surface area contributed by atoms with E-state index < -0.39 is 0 Å². The van der Waals surface area contributed by atoms with Crippen LogP contribution in [-0.2, 0) is 6.42 Å². The Morgan fingerprint density at radius 1 is 0.640 bits per heavy atom. The van der Waals surface area contributed by atoms with Crippen LogP contribution in [0.2, 0.25) is 0 Å². The van der Waals surface area contributed by atoms with Crippen LogP contribution >= 0.6 is 0 Å². The molecule has 0 spiro atoms. The molecule has 0 aromatic heterocycles. The molecule has 0 amide bonds. The van der Waals surface area contributed by atoms with Gasteiger partial charge in [-0.05, 0) is 24.8 Å². The molecule has 0 aliphatic carbocycles. The first-order valence-electron chi connectivity index (χ1n) is 11.0. The Morgan fingerprint density at radius 3 is 1.64 bits per heavy atom. The molecule has 0 radical (unpaired) electrons. The van der Waals surface area contributed by atoms with E-state index in [1.807, 2.05) is 6.07 Å². The summed E-state index contributed by atoms with van der Waals surface area (Å²) in [6.07, 6.45) is 20.8. The first-order chi connectivity index (χ1) is 12.3. The maximum absolute atomic E-state index is 10.1. The fraction of sp³-hybridized carbons (Fsp3) is 0.750. The van der Waals surface area contributed by atoms with Crippen molar-refractivity contribution in [2.45, 2.75) is 116 Å². The summed E-state index contributed by atoms with van der Waals surface area (Å²) >= 11 is 0. The second-order valence-corrected chi connectivity index (χ2v) is 7.71. The van der Waals surface area contributed by atoms with Crippen LogP contribution in [0.5, 0.6) is 0 Å². The summed E-state index contributed by atoms with van der Waals surface area (Å²) < 4.78 is 0. The first kappa shape index (κ1) is 22.2. The van der Waals surface area contributed by atoms with Gasteiger partial charge in [0.25, 0.3) is 0 Å². The van der Waals surface area contributed by atoms with Crippen molar-refractivity contribution >= 4 is 0 Å². The van der Waals surface area contributed by atoms with Crippen molar-refractivity contribution in [1.29, 1.82) is 0 Å². The van der Waals surface area contributed by atoms with Gasteiger partial charge >= 0.3 is 0 Å². The molecule has 0 saturated heterocycles. The zero-order chi connectivity index (χ0) is 18.0. The largest absolute Gasteiger partial charge is 0.393 e. The summed E-state index contributed by atoms with van der Waals surface area (Å²) in [6.45, 7) is 2.28. The molecular formula is C24H42O. The fourth-order valence-electron chi connectivity index (χ4n) is 3.52. The summed E-state index contributed by atoms with van der Waals surface area (Å²) in [5, 5.41) is 10.1. The monoisotopic (exact) mass is 346 g/mol. The van der Waals surface area contributed by atoms with E-state index in [0.29, 0.717) is 0 Å². The van der Waals surface area contributed by atoms with Gasteiger partial charge in [-0.15, -0.1) is 0 Å². The molecule has 0 aliphatic rings. The van der Waals surface area contributed by atoms with Gasteiger partial charge in [0.2, 0.25) is 0 Å². The van der Waals surface area contributed by atoms with Crippen molar-refractivity contribution in [3.05, 3.63) is 35.9 Å². The minimum absolute atomic E-state index is 0.118. The van der Waals surface area contributed by atoms with Crippen LogP contribution in [0.15, 0.2) is 30.3 Å². The van der Waals surface area contributed by atoms with Gasteiger partial charge in [0, 0.05) is 0 Å². The van der Waals surface area contributed by atoms with E-state index in [0.717, 1.165) is 19.3 Å². The maximum Gasteiger partial charge on any atom is 0.0543 e. The van der Waals surface area contributed by atoms with Gasteiger partial charge < -0.3 is 5.11 Å². The second-order valence-electron chi connectivity index (χ2n) is 7.71. The van der Waals surface area contributed by atoms with Crippen LogP contribution in [0, 0.1) is 0 Å². The fourth-order valence-corrected chi connectivity index (χ4v) is 3.52. The topological polar surface area (TPSA) is 20.2 Å². The van der Waals surface area contributed by atoms with E-state index in [4.69, 9.17) is 0 Å². The maximum atomic E-state index is 10.1. The number of unbranched alkanes of at least 4 members (excludes halogenated alkanes) is 12. The molecule has 1 heteroatoms. The predicted octanol–water partition coefficient (Wildman–Crippen LogP) is 7.46. The Bertz CT molecular complexity index is 373. The smallest absolute Gasteiger partial charge is 0.0543 e. The number of aliphatic hydroxyl groups is 1. The van der Waals surface area contributed by atoms with Crippen molar-refractivity contribution in [3.63, 3.8) is 0 Å². The molecule has 1 N–H and O–H groups in total. The molecule has 1 atom stereocenters. The zero-order valence-electron chi connectivity index (χ0n) is 16.7. The molecule has 0 heterocycles. The van der Waals surface area contributed by atoms with Crippen molar-refractivity contribution < 1.29 is 5.11 Å². The van der Waals surface area contributed by atoms with Crippen LogP contribution in [0.1, 0.15) is 109 Å². The van der Waals surface area contributed by atoms with Gasteiger partial charge in [-0.2, -0.15) is 0 Å². The molecule has 1 aromatic rings. The third-order valence-electron chi connectivity index (χ3n) is 5.25. The van der Waals surface area contributed by atoms with Crippen LogP contribution < -0.4 is 0 Å². The van der Waals surface area contributed by atoms with Crippen molar-refractivity contribution in [3.8, 4) is 0 Å². The zero-order valence-corrected chi connectivity index (χ0v) is 16.7. The van der Waals surface area contributed by atoms with Crippen LogP contribution in [0.25, 0.3) is 0 Å². The molecular weight excluding hydrogens is 304 g/mol. The lowest BCUT2D eigenvalue weighted by molar-refractivity contribution is 0.151. The Morgan fingerprint density at radius 2 is 1.12 bits per heavy atom. The summed E-state index contributed by atoms with van der Waals surface area (Å²) in [6, 6.07) is 10.5. The summed E-state index contributed by atoms with van der Waals surface area (Å²) in [5.41, 5.74) is 1.34. The van der Waals surface area contributed by atoms with Crippen molar-refractivity contribution in [1.82, 2.24) is 0 Å². The molecule has 0 aliphatic heterocycles. The highest BCUT2D eigenvalue weighted by Gasteiger charge is 2.04. The molecule has 1 aromatic carbocycles. The SMILES string of the molecule is CCCCCCCCCCCCCCCC(O)CCc1ccccc1. The van der Waals surface area contributed by atoms with Gasteiger partial charge in [-0.25, -0.2) is 0 Å². The van der Waals surface area contributed by atoms with E-state index in [1.165, 1.54) is 89.0 Å². The average molecular weight is 347 g/mol. The molecule has 144 valence electrons. The number of hydrogen-bond acceptors (Lipinski definition) is 1. The number of rotatable bonds is 17. The van der Waals surface area contributed by atoms with Crippen LogP contribution in [0.3, 0.4) is 0 Å². The number of benzene rings is 1. The molecule has 0 saturated carbocycles. The summed E-state index contributed by atoms with van der Waals surface area (Å²) in [7, 11) is 0. The Kier molecular flexibility index (Phi) is 14.8. The first-order valence-corrected chi connectivity index (χ1v) is 11.0. The third kappa shape index (κ3) is 14.1. The highest BCUT2D eigenvalue weighted by Crippen LogP contribution is 2.14. The van der Waals surface area contributed by atoms with E-state index in [-0.39, 0.29) is 6.10 Å². The lowest BCUT2D eigenvalue weighted by Crippen LogP contribution is -2.07. The van der Waals surface area contributed by atoms with Gasteiger partial charge in [-0.3, -0.25) is 0 Å². The second kappa shape index (κ2) is 16.6. The molecule has 1 rings (SSSR count). The minimum Gasteiger partial charge on any atom is -0.393 e. The molecule has 1 nitrogen and oxygen atoms in total. The number of aliphatic hydroxyl groups excluding tert-OH is 1. The number of hydrogen-bond donors (Lipinski definition) is 1. The lowest BCUT2D eigenvalue weighted by atomic mass is 10.0. The normalized spacial score (nSPS) is 12.4. The third-order valence-corrected chi connectivity index (χ3v) is 5.25. The van der Waals surface area contributed by atoms with Gasteiger partial charge in [0.1, 0.15) is 0 Å². The minimum atomic E-state index is -0.118. The molecule has 0 fully saturated rings. The summed E-state index contributed by atoms with van der Waals surface area (Å²) in [5.74, 6) is 0. The van der Waals surface area contributed by atoms with E-state index in [9.17, 15) is 5.11 Å². The molecule has 25 heavy (non-hydrogen) atoms. The van der Waals surface area contributed by atoms with E-state index in [1.54, 1.807) is 0 Å². The Labute approximate surface area is 157 Å². The average Bonchev–Trinajstić information content (AvgIpc) is 2.64. The van der Waals surface area contributed by atoms with Gasteiger partial charge in [0.05, 0.1) is 6.10 Å². The lowest BCUT2D eigenvalue weighted by Gasteiger charge is -2.10. The Hall–Kier alpha value is -0.820. The van der Waals surface area contributed by atoms with E-state index >= 15 is 0 Å². The molecule has 0 bridgehead atoms. The summed E-state index contributed by atoms with van der Waals surface area (Å²) in [4.78, 5) is 0. The molecule has 1 unspecified atom stereocenters. The number of aryl methyl sites for hydroxylation is 1. The predicted molar refractivity (Wildman–Crippen MR) is 111 cm³/mol. The standard InChI is InChI=1S/C24H42O/c1-2-3-4-5-6-7-8-9-10-11-12-13-17-20-24(25)22-21-23-18-15-14-16-19-23/h14-16,18-19,24-25H,2-13,17,20-22H2,1H3. The van der Waals surface area contributed by atoms with Crippen molar-refractivity contribution in [2.75, 3.05) is 0 Å². The van der Waals surface area contributed by atoms with Crippen LogP contribution in [-0.4, -0.2) is 11.2 Å². The Balaban J connectivity index is 1.79. The highest BCUT2D eigenvalue weighted by atomic mass is 16.3. The van der Waals surface area contributed by atoms with Crippen molar-refractivity contribution in [2.24, 2.45) is 0 Å². The van der Waals surface area contributed by atoms with Gasteiger partial charge in [-0.1, -0.05) is 121 Å².